The molecule has 2 amide bonds. The molecule has 2 unspecified atom stereocenters. The number of amides is 2. The normalized spacial score (nSPS) is 35.1. The molecule has 3 aliphatic heterocycles. The minimum absolute atomic E-state index is 0.0200. The molecule has 1 spiro atoms. The number of hydrogen-bond donors (Lipinski definition) is 2. The van der Waals surface area contributed by atoms with E-state index in [2.05, 4.69) is 6.58 Å². The van der Waals surface area contributed by atoms with Gasteiger partial charge in [0.25, 0.3) is 0 Å². The van der Waals surface area contributed by atoms with E-state index in [1.807, 2.05) is 13.8 Å². The van der Waals surface area contributed by atoms with Gasteiger partial charge in [0, 0.05) is 19.1 Å². The Morgan fingerprint density at radius 1 is 1.50 bits per heavy atom. The summed E-state index contributed by atoms with van der Waals surface area (Å²) in [5.41, 5.74) is -1.12. The number of hydrogen-bond acceptors (Lipinski definition) is 5. The maximum atomic E-state index is 13.4. The molecule has 8 heteroatoms. The highest BCUT2D eigenvalue weighted by atomic mass is 16.5. The third kappa shape index (κ3) is 2.46. The summed E-state index contributed by atoms with van der Waals surface area (Å²) in [7, 11) is 0. The number of aliphatic carboxylic acids is 1. The fraction of sp³-hybridized carbons (Fsp3) is 0.722. The molecule has 3 heterocycles. The topological polar surface area (TPSA) is 107 Å². The number of carbonyl (C=O) groups is 3. The third-order valence-electron chi connectivity index (χ3n) is 5.89. The van der Waals surface area contributed by atoms with Crippen molar-refractivity contribution in [3.05, 3.63) is 12.7 Å². The first-order valence-electron chi connectivity index (χ1n) is 9.03. The maximum Gasteiger partial charge on any atom is 0.310 e. The molecule has 0 aromatic rings. The van der Waals surface area contributed by atoms with Gasteiger partial charge in [0.2, 0.25) is 11.8 Å². The first-order chi connectivity index (χ1) is 12.3. The van der Waals surface area contributed by atoms with Gasteiger partial charge in [-0.2, -0.15) is 0 Å². The third-order valence-corrected chi connectivity index (χ3v) is 5.89. The van der Waals surface area contributed by atoms with Gasteiger partial charge in [0.1, 0.15) is 11.6 Å². The van der Waals surface area contributed by atoms with Crippen LogP contribution in [-0.2, 0) is 19.1 Å². The standard InChI is InChI=1S/C18H26N2O6/c1-4-7-19(10(2)3)16(23)14-18-6-5-11(26-18)12(17(24)25)13(18)15(22)20(14)8-9-21/h4,10-14,21H,1,5-9H2,2-3H3,(H,24,25)/t11-,12+,13-,14?,18?/m0/s1. The molecule has 26 heavy (non-hydrogen) atoms. The zero-order valence-corrected chi connectivity index (χ0v) is 15.1. The Balaban J connectivity index is 2.04. The molecule has 0 saturated carbocycles. The highest BCUT2D eigenvalue weighted by Crippen LogP contribution is 2.58. The lowest BCUT2D eigenvalue weighted by Crippen LogP contribution is -2.57. The van der Waals surface area contributed by atoms with Crippen molar-refractivity contribution in [2.75, 3.05) is 19.7 Å². The van der Waals surface area contributed by atoms with Crippen LogP contribution in [0, 0.1) is 11.8 Å². The number of ether oxygens (including phenoxy) is 1. The van der Waals surface area contributed by atoms with E-state index in [-0.39, 0.29) is 25.1 Å². The lowest BCUT2D eigenvalue weighted by molar-refractivity contribution is -0.151. The van der Waals surface area contributed by atoms with Crippen molar-refractivity contribution in [3.8, 4) is 0 Å². The van der Waals surface area contributed by atoms with Gasteiger partial charge in [-0.3, -0.25) is 14.4 Å². The molecule has 3 saturated heterocycles. The summed E-state index contributed by atoms with van der Waals surface area (Å²) in [5, 5.41) is 19.0. The Kier molecular flexibility index (Phi) is 4.83. The summed E-state index contributed by atoms with van der Waals surface area (Å²) in [4.78, 5) is 41.1. The van der Waals surface area contributed by atoms with Crippen molar-refractivity contribution >= 4 is 17.8 Å². The molecule has 0 aliphatic carbocycles. The van der Waals surface area contributed by atoms with Crippen molar-refractivity contribution in [2.24, 2.45) is 11.8 Å². The average molecular weight is 366 g/mol. The van der Waals surface area contributed by atoms with Gasteiger partial charge in [0.15, 0.2) is 0 Å². The molecule has 0 aromatic heterocycles. The summed E-state index contributed by atoms with van der Waals surface area (Å²) in [6, 6.07) is -1.03. The predicted molar refractivity (Wildman–Crippen MR) is 91.1 cm³/mol. The van der Waals surface area contributed by atoms with Crippen LogP contribution in [0.15, 0.2) is 12.7 Å². The van der Waals surface area contributed by atoms with Crippen molar-refractivity contribution in [2.45, 2.75) is 50.5 Å². The first kappa shape index (κ1) is 18.8. The van der Waals surface area contributed by atoms with Crippen LogP contribution in [0.2, 0.25) is 0 Å². The van der Waals surface area contributed by atoms with Crippen LogP contribution in [0.25, 0.3) is 0 Å². The number of likely N-dealkylation sites (tertiary alicyclic amines) is 1. The Morgan fingerprint density at radius 2 is 2.19 bits per heavy atom. The first-order valence-corrected chi connectivity index (χ1v) is 9.03. The molecule has 8 nitrogen and oxygen atoms in total. The largest absolute Gasteiger partial charge is 0.481 e. The molecule has 2 bridgehead atoms. The molecule has 144 valence electrons. The number of aliphatic hydroxyl groups excluding tert-OH is 1. The van der Waals surface area contributed by atoms with E-state index in [9.17, 15) is 24.6 Å². The maximum absolute atomic E-state index is 13.4. The van der Waals surface area contributed by atoms with Crippen LogP contribution in [0.1, 0.15) is 26.7 Å². The van der Waals surface area contributed by atoms with Crippen LogP contribution in [0.5, 0.6) is 0 Å². The van der Waals surface area contributed by atoms with Crippen LogP contribution in [0.4, 0.5) is 0 Å². The van der Waals surface area contributed by atoms with Gasteiger partial charge >= 0.3 is 5.97 Å². The Morgan fingerprint density at radius 3 is 2.73 bits per heavy atom. The van der Waals surface area contributed by atoms with Gasteiger partial charge in [-0.05, 0) is 26.7 Å². The molecular weight excluding hydrogens is 340 g/mol. The molecule has 2 N–H and O–H groups in total. The van der Waals surface area contributed by atoms with E-state index >= 15 is 0 Å². The lowest BCUT2D eigenvalue weighted by Gasteiger charge is -2.38. The number of carboxylic acid groups (broad SMARTS) is 1. The molecular formula is C18H26N2O6. The number of fused-ring (bicyclic) bond motifs is 1. The fourth-order valence-electron chi connectivity index (χ4n) is 4.91. The van der Waals surface area contributed by atoms with Gasteiger partial charge in [-0.1, -0.05) is 6.08 Å². The second kappa shape index (κ2) is 6.66. The monoisotopic (exact) mass is 366 g/mol. The van der Waals surface area contributed by atoms with E-state index in [0.29, 0.717) is 19.4 Å². The number of aliphatic hydroxyl groups is 1. The number of rotatable bonds is 7. The molecule has 3 rings (SSSR count). The smallest absolute Gasteiger partial charge is 0.310 e. The van der Waals surface area contributed by atoms with Gasteiger partial charge in [0.05, 0.1) is 24.5 Å². The van der Waals surface area contributed by atoms with Crippen LogP contribution < -0.4 is 0 Å². The summed E-state index contributed by atoms with van der Waals surface area (Å²) < 4.78 is 6.05. The summed E-state index contributed by atoms with van der Waals surface area (Å²) in [6.45, 7) is 7.43. The lowest BCUT2D eigenvalue weighted by atomic mass is 9.70. The van der Waals surface area contributed by atoms with Crippen molar-refractivity contribution < 1.29 is 29.3 Å². The molecule has 3 aliphatic rings. The second-order valence-corrected chi connectivity index (χ2v) is 7.52. The van der Waals surface area contributed by atoms with Crippen LogP contribution in [-0.4, -0.2) is 81.3 Å². The van der Waals surface area contributed by atoms with E-state index in [4.69, 9.17) is 4.74 Å². The SMILES string of the molecule is C=CCN(C(=O)C1N(CCO)C(=O)[C@@H]2[C@H](C(=O)O)[C@@H]3CCC12O3)C(C)C. The number of β-amino-alcohol motifs (C(OH)–C–C–N with tert-alkyl or cyclic N) is 1. The fourth-order valence-corrected chi connectivity index (χ4v) is 4.91. The minimum Gasteiger partial charge on any atom is -0.481 e. The van der Waals surface area contributed by atoms with Crippen LogP contribution in [0.3, 0.4) is 0 Å². The van der Waals surface area contributed by atoms with E-state index < -0.39 is 41.5 Å². The van der Waals surface area contributed by atoms with Gasteiger partial charge in [-0.15, -0.1) is 6.58 Å². The second-order valence-electron chi connectivity index (χ2n) is 7.52. The number of carbonyl (C=O) groups excluding carboxylic acids is 2. The minimum atomic E-state index is -1.12. The Bertz CT molecular complexity index is 635. The predicted octanol–water partition coefficient (Wildman–Crippen LogP) is -0.139. The number of carboxylic acids is 1. The molecule has 3 fully saturated rings. The quantitative estimate of drug-likeness (QED) is 0.608. The highest BCUT2D eigenvalue weighted by Gasteiger charge is 2.74. The summed E-state index contributed by atoms with van der Waals surface area (Å²) in [5.74, 6) is -3.58. The molecule has 5 atom stereocenters. The van der Waals surface area contributed by atoms with Gasteiger partial charge in [-0.25, -0.2) is 0 Å². The Labute approximate surface area is 152 Å². The Hall–Kier alpha value is -1.93. The highest BCUT2D eigenvalue weighted by molar-refractivity contribution is 5.98. The van der Waals surface area contributed by atoms with E-state index in [0.717, 1.165) is 0 Å². The van der Waals surface area contributed by atoms with Crippen molar-refractivity contribution in [3.63, 3.8) is 0 Å². The van der Waals surface area contributed by atoms with Crippen molar-refractivity contribution in [1.29, 1.82) is 0 Å². The summed E-state index contributed by atoms with van der Waals surface area (Å²) in [6.07, 6.45) is 2.06. The summed E-state index contributed by atoms with van der Waals surface area (Å²) >= 11 is 0. The molecule has 0 radical (unpaired) electrons. The van der Waals surface area contributed by atoms with Crippen molar-refractivity contribution in [1.82, 2.24) is 9.80 Å². The number of nitrogens with zero attached hydrogens (tertiary/aromatic N) is 2. The van der Waals surface area contributed by atoms with Crippen LogP contribution >= 0.6 is 0 Å². The molecule has 0 aromatic carbocycles. The average Bonchev–Trinajstić information content (AvgIpc) is 3.20. The zero-order chi connectivity index (χ0) is 19.2. The van der Waals surface area contributed by atoms with E-state index in [1.165, 1.54) is 4.90 Å². The van der Waals surface area contributed by atoms with E-state index in [1.54, 1.807) is 11.0 Å². The zero-order valence-electron chi connectivity index (χ0n) is 15.1. The van der Waals surface area contributed by atoms with Gasteiger partial charge < -0.3 is 24.7 Å².